The number of piperidine rings is 1. The fraction of sp³-hybridized carbons (Fsp3) is 0.250. The largest absolute Gasteiger partial charge is 0.369 e. The molecule has 2 aliphatic heterocycles. The summed E-state index contributed by atoms with van der Waals surface area (Å²) < 4.78 is 44.8. The van der Waals surface area contributed by atoms with E-state index in [2.05, 4.69) is 14.9 Å². The molecular formula is C32H31FN4O4S. The van der Waals surface area contributed by atoms with Crippen LogP contribution >= 0.6 is 0 Å². The highest BCUT2D eigenvalue weighted by Crippen LogP contribution is 2.39. The standard InChI is InChI=1S/C32H31FN4O4S/c1-21-5-7-22(8-6-21)17-34-32(39)24-9-14-30(28(16-24)35-42(40,41)27-12-10-26(33)11-13-27)36-18-23-15-25(20-36)29-3-2-4-31(38)37(29)19-23/h2-14,16,23,25,35H,15,17-20H2,1H3,(H,34,39). The van der Waals surface area contributed by atoms with E-state index < -0.39 is 15.8 Å². The second kappa shape index (κ2) is 11.1. The van der Waals surface area contributed by atoms with Crippen molar-refractivity contribution < 1.29 is 17.6 Å². The molecule has 1 aromatic heterocycles. The summed E-state index contributed by atoms with van der Waals surface area (Å²) in [4.78, 5) is 27.7. The molecule has 8 nitrogen and oxygen atoms in total. The number of carbonyl (C=O) groups excluding carboxylic acids is 1. The van der Waals surface area contributed by atoms with Crippen molar-refractivity contribution in [3.63, 3.8) is 0 Å². The average molecular weight is 587 g/mol. The van der Waals surface area contributed by atoms with Gasteiger partial charge in [0.2, 0.25) is 0 Å². The van der Waals surface area contributed by atoms with Crippen molar-refractivity contribution in [2.24, 2.45) is 5.92 Å². The predicted molar refractivity (Wildman–Crippen MR) is 160 cm³/mol. The van der Waals surface area contributed by atoms with E-state index in [0.717, 1.165) is 35.4 Å². The normalized spacial score (nSPS) is 17.8. The molecule has 1 saturated heterocycles. The Balaban J connectivity index is 1.32. The first-order valence-electron chi connectivity index (χ1n) is 13.9. The summed E-state index contributed by atoms with van der Waals surface area (Å²) in [6.45, 7) is 4.13. The van der Waals surface area contributed by atoms with Gasteiger partial charge in [0.15, 0.2) is 0 Å². The number of pyridine rings is 1. The minimum absolute atomic E-state index is 0.00982. The highest BCUT2D eigenvalue weighted by atomic mass is 32.2. The number of carbonyl (C=O) groups is 1. The summed E-state index contributed by atoms with van der Waals surface area (Å²) >= 11 is 0. The van der Waals surface area contributed by atoms with Gasteiger partial charge in [-0.15, -0.1) is 0 Å². The van der Waals surface area contributed by atoms with Gasteiger partial charge in [0.1, 0.15) is 5.82 Å². The Hall–Kier alpha value is -4.44. The van der Waals surface area contributed by atoms with Crippen LogP contribution in [0.15, 0.2) is 94.6 Å². The molecule has 2 aliphatic rings. The summed E-state index contributed by atoms with van der Waals surface area (Å²) in [5.41, 5.74) is 4.23. The van der Waals surface area contributed by atoms with Gasteiger partial charge in [0, 0.05) is 49.4 Å². The SMILES string of the molecule is Cc1ccc(CNC(=O)c2ccc(N3CC4CC(C3)c3cccc(=O)n3C4)c(NS(=O)(=O)c3ccc(F)cc3)c2)cc1. The van der Waals surface area contributed by atoms with E-state index in [1.165, 1.54) is 12.1 Å². The van der Waals surface area contributed by atoms with Crippen LogP contribution in [0.5, 0.6) is 0 Å². The van der Waals surface area contributed by atoms with Gasteiger partial charge >= 0.3 is 0 Å². The number of nitrogens with one attached hydrogen (secondary N) is 2. The molecule has 216 valence electrons. The number of hydrogen-bond donors (Lipinski definition) is 2. The van der Waals surface area contributed by atoms with E-state index in [-0.39, 0.29) is 33.9 Å². The van der Waals surface area contributed by atoms with Crippen LogP contribution < -0.4 is 20.5 Å². The molecule has 0 spiro atoms. The minimum atomic E-state index is -4.09. The molecule has 2 N–H and O–H groups in total. The van der Waals surface area contributed by atoms with Crippen molar-refractivity contribution in [2.75, 3.05) is 22.7 Å². The van der Waals surface area contributed by atoms with Crippen molar-refractivity contribution in [1.82, 2.24) is 9.88 Å². The Bertz CT molecular complexity index is 1800. The van der Waals surface area contributed by atoms with Gasteiger partial charge in [0.05, 0.1) is 16.3 Å². The minimum Gasteiger partial charge on any atom is -0.369 e. The Morgan fingerprint density at radius 2 is 1.71 bits per heavy atom. The average Bonchev–Trinajstić information content (AvgIpc) is 2.97. The van der Waals surface area contributed by atoms with Crippen molar-refractivity contribution in [3.8, 4) is 0 Å². The lowest BCUT2D eigenvalue weighted by Crippen LogP contribution is -2.47. The Morgan fingerprint density at radius 1 is 0.952 bits per heavy atom. The number of rotatable bonds is 7. The number of aromatic nitrogens is 1. The lowest BCUT2D eigenvalue weighted by Gasteiger charge is -2.44. The molecule has 2 bridgehead atoms. The molecule has 1 fully saturated rings. The predicted octanol–water partition coefficient (Wildman–Crippen LogP) is 4.65. The van der Waals surface area contributed by atoms with Gasteiger partial charge in [-0.2, -0.15) is 0 Å². The zero-order chi connectivity index (χ0) is 29.4. The molecule has 0 aliphatic carbocycles. The fourth-order valence-corrected chi connectivity index (χ4v) is 7.00. The van der Waals surface area contributed by atoms with Gasteiger partial charge < -0.3 is 14.8 Å². The maximum absolute atomic E-state index is 13.5. The number of fused-ring (bicyclic) bond motifs is 4. The molecule has 4 aromatic rings. The highest BCUT2D eigenvalue weighted by molar-refractivity contribution is 7.92. The lowest BCUT2D eigenvalue weighted by atomic mass is 9.83. The number of hydrogen-bond acceptors (Lipinski definition) is 5. The quantitative estimate of drug-likeness (QED) is 0.329. The van der Waals surface area contributed by atoms with Crippen LogP contribution in [-0.2, 0) is 23.1 Å². The third-order valence-electron chi connectivity index (χ3n) is 8.02. The van der Waals surface area contributed by atoms with Crippen molar-refractivity contribution in [1.29, 1.82) is 0 Å². The number of halogens is 1. The Morgan fingerprint density at radius 3 is 2.48 bits per heavy atom. The molecule has 2 unspecified atom stereocenters. The summed E-state index contributed by atoms with van der Waals surface area (Å²) in [5, 5.41) is 2.91. The number of amides is 1. The van der Waals surface area contributed by atoms with Gasteiger partial charge in [-0.05, 0) is 73.4 Å². The van der Waals surface area contributed by atoms with Crippen LogP contribution in [-0.4, -0.2) is 32.0 Å². The molecule has 10 heteroatoms. The van der Waals surface area contributed by atoms with E-state index in [9.17, 15) is 22.4 Å². The van der Waals surface area contributed by atoms with Crippen LogP contribution in [0, 0.1) is 18.7 Å². The Labute approximate surface area is 243 Å². The van der Waals surface area contributed by atoms with E-state index >= 15 is 0 Å². The maximum Gasteiger partial charge on any atom is 0.261 e. The fourth-order valence-electron chi connectivity index (χ4n) is 5.94. The van der Waals surface area contributed by atoms with Crippen molar-refractivity contribution in [2.45, 2.75) is 37.2 Å². The second-order valence-corrected chi connectivity index (χ2v) is 12.7. The molecule has 0 radical (unpaired) electrons. The number of anilines is 2. The number of sulfonamides is 1. The molecule has 42 heavy (non-hydrogen) atoms. The third kappa shape index (κ3) is 5.67. The smallest absolute Gasteiger partial charge is 0.261 e. The summed E-state index contributed by atoms with van der Waals surface area (Å²) in [7, 11) is -4.09. The van der Waals surface area contributed by atoms with Gasteiger partial charge in [-0.3, -0.25) is 14.3 Å². The van der Waals surface area contributed by atoms with Gasteiger partial charge in [0.25, 0.3) is 21.5 Å². The van der Waals surface area contributed by atoms with Crippen LogP contribution in [0.2, 0.25) is 0 Å². The molecule has 3 heterocycles. The first kappa shape index (κ1) is 27.7. The van der Waals surface area contributed by atoms with Crippen molar-refractivity contribution in [3.05, 3.63) is 123 Å². The van der Waals surface area contributed by atoms with Crippen LogP contribution in [0.3, 0.4) is 0 Å². The third-order valence-corrected chi connectivity index (χ3v) is 9.40. The monoisotopic (exact) mass is 586 g/mol. The Kier molecular flexibility index (Phi) is 7.32. The number of nitrogens with zero attached hydrogens (tertiary/aromatic N) is 2. The second-order valence-electron chi connectivity index (χ2n) is 11.1. The number of aryl methyl sites for hydroxylation is 1. The highest BCUT2D eigenvalue weighted by Gasteiger charge is 2.35. The van der Waals surface area contributed by atoms with Gasteiger partial charge in [-0.1, -0.05) is 35.9 Å². The van der Waals surface area contributed by atoms with E-state index in [0.29, 0.717) is 37.4 Å². The first-order valence-corrected chi connectivity index (χ1v) is 15.4. The molecular weight excluding hydrogens is 555 g/mol. The zero-order valence-corrected chi connectivity index (χ0v) is 23.9. The molecule has 2 atom stereocenters. The maximum atomic E-state index is 13.5. The van der Waals surface area contributed by atoms with E-state index in [4.69, 9.17) is 0 Å². The summed E-state index contributed by atoms with van der Waals surface area (Å²) in [5.74, 6) is -0.574. The van der Waals surface area contributed by atoms with Gasteiger partial charge in [-0.25, -0.2) is 12.8 Å². The molecule has 1 amide bonds. The first-order chi connectivity index (χ1) is 20.2. The molecule has 6 rings (SSSR count). The molecule has 3 aromatic carbocycles. The van der Waals surface area contributed by atoms with Crippen LogP contribution in [0.1, 0.15) is 39.5 Å². The number of benzene rings is 3. The van der Waals surface area contributed by atoms with Crippen LogP contribution in [0.25, 0.3) is 0 Å². The van der Waals surface area contributed by atoms with E-state index in [1.807, 2.05) is 41.8 Å². The zero-order valence-electron chi connectivity index (χ0n) is 23.1. The summed E-state index contributed by atoms with van der Waals surface area (Å²) in [6.07, 6.45) is 0.941. The van der Waals surface area contributed by atoms with Crippen molar-refractivity contribution >= 4 is 27.3 Å². The van der Waals surface area contributed by atoms with Crippen LogP contribution in [0.4, 0.5) is 15.8 Å². The molecule has 0 saturated carbocycles. The topological polar surface area (TPSA) is 101 Å². The lowest BCUT2D eigenvalue weighted by molar-refractivity contribution is 0.0951. The van der Waals surface area contributed by atoms with E-state index in [1.54, 1.807) is 30.3 Å². The summed E-state index contributed by atoms with van der Waals surface area (Å²) in [6, 6.07) is 22.8.